The minimum Gasteiger partial charge on any atom is -0.461 e. The number of hydrogen-bond donors (Lipinski definition) is 0. The van der Waals surface area contributed by atoms with Gasteiger partial charge in [-0.05, 0) is 45.1 Å². The molecule has 0 unspecified atom stereocenters. The molecule has 0 aliphatic rings. The smallest absolute Gasteiger partial charge is 0.306 e. The molecule has 2 nitrogen and oxygen atoms in total. The lowest BCUT2D eigenvalue weighted by Crippen LogP contribution is -2.05. The molecule has 0 saturated carbocycles. The first-order chi connectivity index (χ1) is 11.5. The zero-order chi connectivity index (χ0) is 18.2. The van der Waals surface area contributed by atoms with Crippen LogP contribution in [0.4, 0.5) is 0 Å². The number of ether oxygens (including phenoxy) is 1. The molecule has 0 saturated heterocycles. The zero-order valence-corrected chi connectivity index (χ0v) is 16.8. The van der Waals surface area contributed by atoms with Gasteiger partial charge in [0.1, 0.15) is 6.61 Å². The Morgan fingerprint density at radius 3 is 2.21 bits per heavy atom. The van der Waals surface area contributed by atoms with Crippen molar-refractivity contribution < 1.29 is 9.53 Å². The maximum atomic E-state index is 11.7. The summed E-state index contributed by atoms with van der Waals surface area (Å²) in [5.74, 6) is 0.454. The number of esters is 1. The Morgan fingerprint density at radius 1 is 0.958 bits per heavy atom. The summed E-state index contributed by atoms with van der Waals surface area (Å²) >= 11 is 0. The summed E-state index contributed by atoms with van der Waals surface area (Å²) in [6, 6.07) is 0. The minimum atomic E-state index is -0.0537. The van der Waals surface area contributed by atoms with Crippen LogP contribution in [0.1, 0.15) is 98.8 Å². The third-order valence-corrected chi connectivity index (χ3v) is 4.79. The highest BCUT2D eigenvalue weighted by atomic mass is 16.5. The summed E-state index contributed by atoms with van der Waals surface area (Å²) in [5.41, 5.74) is 2.75. The van der Waals surface area contributed by atoms with Crippen molar-refractivity contribution in [2.45, 2.75) is 98.8 Å². The monoisotopic (exact) mass is 336 g/mol. The van der Waals surface area contributed by atoms with E-state index in [9.17, 15) is 4.79 Å². The molecule has 0 aromatic rings. The molecule has 0 spiro atoms. The summed E-state index contributed by atoms with van der Waals surface area (Å²) in [5, 5.41) is 0. The highest BCUT2D eigenvalue weighted by Crippen LogP contribution is 2.16. The van der Waals surface area contributed by atoms with Crippen LogP contribution in [0.3, 0.4) is 0 Å². The molecule has 24 heavy (non-hydrogen) atoms. The average Bonchev–Trinajstić information content (AvgIpc) is 2.58. The normalized spacial score (nSPS) is 13.9. The molecule has 0 aliphatic heterocycles. The van der Waals surface area contributed by atoms with Gasteiger partial charge >= 0.3 is 5.97 Å². The van der Waals surface area contributed by atoms with Gasteiger partial charge < -0.3 is 4.74 Å². The molecule has 0 fully saturated rings. The van der Waals surface area contributed by atoms with Gasteiger partial charge in [0, 0.05) is 6.42 Å². The predicted molar refractivity (Wildman–Crippen MR) is 105 cm³/mol. The zero-order valence-electron chi connectivity index (χ0n) is 16.8. The van der Waals surface area contributed by atoms with E-state index >= 15 is 0 Å². The van der Waals surface area contributed by atoms with Gasteiger partial charge in [0.2, 0.25) is 0 Å². The highest BCUT2D eigenvalue weighted by Gasteiger charge is 2.04. The van der Waals surface area contributed by atoms with Crippen LogP contribution in [0.5, 0.6) is 0 Å². The van der Waals surface area contributed by atoms with Gasteiger partial charge in [0.25, 0.3) is 0 Å². The van der Waals surface area contributed by atoms with E-state index in [2.05, 4.69) is 46.8 Å². The maximum absolute atomic E-state index is 11.7. The van der Waals surface area contributed by atoms with Crippen molar-refractivity contribution in [3.8, 4) is 0 Å². The van der Waals surface area contributed by atoms with Crippen molar-refractivity contribution in [2.24, 2.45) is 5.92 Å². The van der Waals surface area contributed by atoms with Crippen LogP contribution in [-0.4, -0.2) is 12.6 Å². The molecule has 0 bridgehead atoms. The quantitative estimate of drug-likeness (QED) is 0.194. The lowest BCUT2D eigenvalue weighted by molar-refractivity contribution is -0.142. The van der Waals surface area contributed by atoms with Crippen LogP contribution in [0.15, 0.2) is 23.3 Å². The van der Waals surface area contributed by atoms with E-state index in [1.165, 1.54) is 43.3 Å². The largest absolute Gasteiger partial charge is 0.461 e. The Labute approximate surface area is 150 Å². The fourth-order valence-electron chi connectivity index (χ4n) is 2.47. The molecule has 0 aromatic carbocycles. The summed E-state index contributed by atoms with van der Waals surface area (Å²) in [6.07, 6.45) is 15.7. The third kappa shape index (κ3) is 13.4. The molecule has 0 amide bonds. The van der Waals surface area contributed by atoms with E-state index < -0.39 is 0 Å². The van der Waals surface area contributed by atoms with Crippen molar-refractivity contribution in [3.05, 3.63) is 23.3 Å². The van der Waals surface area contributed by atoms with Gasteiger partial charge in [-0.2, -0.15) is 0 Å². The molecule has 0 aliphatic carbocycles. The van der Waals surface area contributed by atoms with Crippen LogP contribution < -0.4 is 0 Å². The van der Waals surface area contributed by atoms with Gasteiger partial charge in [0.05, 0.1) is 0 Å². The Morgan fingerprint density at radius 2 is 1.58 bits per heavy atom. The van der Waals surface area contributed by atoms with Gasteiger partial charge in [-0.15, -0.1) is 0 Å². The minimum absolute atomic E-state index is 0.0537. The summed E-state index contributed by atoms with van der Waals surface area (Å²) in [4.78, 5) is 11.7. The van der Waals surface area contributed by atoms with E-state index in [1.807, 2.05) is 0 Å². The van der Waals surface area contributed by atoms with Gasteiger partial charge in [-0.3, -0.25) is 4.79 Å². The first-order valence-electron chi connectivity index (χ1n) is 9.99. The molecular formula is C22H40O2. The molecule has 0 radical (unpaired) electrons. The Hall–Kier alpha value is -1.05. The van der Waals surface area contributed by atoms with E-state index in [0.717, 1.165) is 25.7 Å². The number of allylic oxidation sites excluding steroid dienone is 3. The molecule has 0 N–H and O–H groups in total. The Kier molecular flexibility index (Phi) is 14.8. The van der Waals surface area contributed by atoms with Crippen molar-refractivity contribution >= 4 is 5.97 Å². The number of carbonyl (C=O) groups excluding carboxylic acids is 1. The van der Waals surface area contributed by atoms with E-state index in [1.54, 1.807) is 0 Å². The maximum Gasteiger partial charge on any atom is 0.306 e. The molecule has 0 heterocycles. The lowest BCUT2D eigenvalue weighted by Gasteiger charge is -2.11. The van der Waals surface area contributed by atoms with Gasteiger partial charge in [-0.25, -0.2) is 0 Å². The second-order valence-corrected chi connectivity index (χ2v) is 7.04. The standard InChI is InChI=1S/C22H40O2/c1-6-8-9-10-11-12-13-14-22(23)24-18-17-21(5)20(4)16-15-19(3)7-2/h15,17,20H,6-14,16,18H2,1-5H3/b19-15+,21-17+/t20-/m0/s1. The predicted octanol–water partition coefficient (Wildman–Crippen LogP) is 7.00. The van der Waals surface area contributed by atoms with Crippen LogP contribution in [0.25, 0.3) is 0 Å². The summed E-state index contributed by atoms with van der Waals surface area (Å²) in [7, 11) is 0. The molecule has 2 heteroatoms. The van der Waals surface area contributed by atoms with Crippen LogP contribution >= 0.6 is 0 Å². The number of hydrogen-bond acceptors (Lipinski definition) is 2. The van der Waals surface area contributed by atoms with Crippen molar-refractivity contribution in [3.63, 3.8) is 0 Å². The fraction of sp³-hybridized carbons (Fsp3) is 0.773. The van der Waals surface area contributed by atoms with Crippen LogP contribution in [0, 0.1) is 5.92 Å². The molecule has 0 aromatic heterocycles. The van der Waals surface area contributed by atoms with Crippen LogP contribution in [-0.2, 0) is 9.53 Å². The van der Waals surface area contributed by atoms with Gasteiger partial charge in [-0.1, -0.05) is 76.5 Å². The highest BCUT2D eigenvalue weighted by molar-refractivity contribution is 5.69. The SMILES string of the molecule is CCCCCCCCCC(=O)OC/C=C(\C)[C@@H](C)C/C=C(\C)CC. The van der Waals surface area contributed by atoms with E-state index in [4.69, 9.17) is 4.74 Å². The van der Waals surface area contributed by atoms with E-state index in [-0.39, 0.29) is 5.97 Å². The second kappa shape index (κ2) is 15.5. The average molecular weight is 337 g/mol. The van der Waals surface area contributed by atoms with E-state index in [0.29, 0.717) is 18.9 Å². The summed E-state index contributed by atoms with van der Waals surface area (Å²) in [6.45, 7) is 11.4. The third-order valence-electron chi connectivity index (χ3n) is 4.79. The van der Waals surface area contributed by atoms with Crippen LogP contribution in [0.2, 0.25) is 0 Å². The molecule has 0 rings (SSSR count). The topological polar surface area (TPSA) is 26.3 Å². The van der Waals surface area contributed by atoms with Gasteiger partial charge in [0.15, 0.2) is 0 Å². The number of rotatable bonds is 14. The fourth-order valence-corrected chi connectivity index (χ4v) is 2.47. The Balaban J connectivity index is 3.78. The number of carbonyl (C=O) groups is 1. The second-order valence-electron chi connectivity index (χ2n) is 7.04. The first-order valence-corrected chi connectivity index (χ1v) is 9.99. The Bertz CT molecular complexity index is 379. The first kappa shape index (κ1) is 22.9. The summed E-state index contributed by atoms with van der Waals surface area (Å²) < 4.78 is 5.32. The number of unbranched alkanes of at least 4 members (excludes halogenated alkanes) is 6. The molecular weight excluding hydrogens is 296 g/mol. The van der Waals surface area contributed by atoms with Crippen molar-refractivity contribution in [1.29, 1.82) is 0 Å². The van der Waals surface area contributed by atoms with Crippen molar-refractivity contribution in [1.82, 2.24) is 0 Å². The molecule has 1 atom stereocenters. The lowest BCUT2D eigenvalue weighted by atomic mass is 9.97. The molecule has 140 valence electrons. The van der Waals surface area contributed by atoms with Crippen molar-refractivity contribution in [2.75, 3.05) is 6.61 Å².